The molecule has 1 aliphatic rings. The van der Waals surface area contributed by atoms with Gasteiger partial charge in [-0.1, -0.05) is 18.2 Å². The predicted molar refractivity (Wildman–Crippen MR) is 95.3 cm³/mol. The third-order valence-corrected chi connectivity index (χ3v) is 4.55. The Bertz CT molecular complexity index is 724. The maximum atomic E-state index is 12.7. The van der Waals surface area contributed by atoms with E-state index >= 15 is 0 Å². The fraction of sp³-hybridized carbons (Fsp3) is 0.400. The first-order valence-electron chi connectivity index (χ1n) is 8.84. The molecule has 25 heavy (non-hydrogen) atoms. The number of benzene rings is 1. The van der Waals surface area contributed by atoms with E-state index in [2.05, 4.69) is 5.32 Å². The van der Waals surface area contributed by atoms with Gasteiger partial charge < -0.3 is 14.6 Å². The van der Waals surface area contributed by atoms with E-state index in [9.17, 15) is 9.59 Å². The Balaban J connectivity index is 1.60. The van der Waals surface area contributed by atoms with Gasteiger partial charge in [-0.25, -0.2) is 0 Å². The number of amides is 2. The predicted octanol–water partition coefficient (Wildman–Crippen LogP) is 2.94. The van der Waals surface area contributed by atoms with Gasteiger partial charge in [0.05, 0.1) is 0 Å². The topological polar surface area (TPSA) is 62.6 Å². The van der Waals surface area contributed by atoms with Gasteiger partial charge in [0, 0.05) is 25.1 Å². The summed E-state index contributed by atoms with van der Waals surface area (Å²) in [4.78, 5) is 27.1. The summed E-state index contributed by atoms with van der Waals surface area (Å²) >= 11 is 0. The van der Waals surface area contributed by atoms with Gasteiger partial charge in [-0.15, -0.1) is 0 Å². The minimum atomic E-state index is -0.389. The molecule has 1 N–H and O–H groups in total. The first-order valence-corrected chi connectivity index (χ1v) is 8.84. The molecule has 2 amide bonds. The molecule has 2 heterocycles. The highest BCUT2D eigenvalue weighted by atomic mass is 16.3. The van der Waals surface area contributed by atoms with E-state index in [1.165, 1.54) is 0 Å². The fourth-order valence-electron chi connectivity index (χ4n) is 3.24. The Hall–Kier alpha value is -2.56. The Morgan fingerprint density at radius 3 is 2.68 bits per heavy atom. The Morgan fingerprint density at radius 1 is 1.16 bits per heavy atom. The van der Waals surface area contributed by atoms with Crippen molar-refractivity contribution < 1.29 is 14.0 Å². The van der Waals surface area contributed by atoms with Crippen molar-refractivity contribution in [1.29, 1.82) is 0 Å². The number of piperidine rings is 1. The van der Waals surface area contributed by atoms with Gasteiger partial charge >= 0.3 is 0 Å². The molecule has 2 aromatic rings. The summed E-state index contributed by atoms with van der Waals surface area (Å²) in [6.07, 6.45) is 3.27. The molecule has 1 atom stereocenters. The molecule has 0 bridgehead atoms. The van der Waals surface area contributed by atoms with Crippen LogP contribution in [-0.2, 0) is 11.2 Å². The summed E-state index contributed by atoms with van der Waals surface area (Å²) in [6.45, 7) is 3.04. The second-order valence-corrected chi connectivity index (χ2v) is 6.43. The summed E-state index contributed by atoms with van der Waals surface area (Å²) in [6, 6.07) is 12.6. The first-order chi connectivity index (χ1) is 12.1. The molecular formula is C20H24N2O3. The quantitative estimate of drug-likeness (QED) is 0.910. The largest absolute Gasteiger partial charge is 0.466 e. The van der Waals surface area contributed by atoms with Crippen LogP contribution < -0.4 is 5.32 Å². The monoisotopic (exact) mass is 340 g/mol. The number of furan rings is 1. The smallest absolute Gasteiger partial charge is 0.254 e. The summed E-state index contributed by atoms with van der Waals surface area (Å²) in [5.74, 6) is 1.58. The van der Waals surface area contributed by atoms with Gasteiger partial charge in [0.25, 0.3) is 5.91 Å². The van der Waals surface area contributed by atoms with Crippen molar-refractivity contribution in [1.82, 2.24) is 10.2 Å². The zero-order chi connectivity index (χ0) is 17.6. The lowest BCUT2D eigenvalue weighted by molar-refractivity contribution is -0.126. The maximum absolute atomic E-state index is 12.7. The Labute approximate surface area is 148 Å². The highest BCUT2D eigenvalue weighted by molar-refractivity contribution is 5.97. The number of hydrogen-bond donors (Lipinski definition) is 1. The lowest BCUT2D eigenvalue weighted by atomic mass is 10.00. The van der Waals surface area contributed by atoms with Crippen molar-refractivity contribution in [3.63, 3.8) is 0 Å². The summed E-state index contributed by atoms with van der Waals surface area (Å²) in [5, 5.41) is 2.95. The van der Waals surface area contributed by atoms with E-state index in [0.29, 0.717) is 31.5 Å². The normalized spacial score (nSPS) is 17.3. The minimum absolute atomic E-state index is 0.0675. The van der Waals surface area contributed by atoms with Crippen molar-refractivity contribution in [3.05, 3.63) is 59.5 Å². The van der Waals surface area contributed by atoms with Crippen LogP contribution in [-0.4, -0.2) is 35.8 Å². The van der Waals surface area contributed by atoms with Crippen LogP contribution in [0.1, 0.15) is 41.1 Å². The van der Waals surface area contributed by atoms with E-state index < -0.39 is 0 Å². The zero-order valence-electron chi connectivity index (χ0n) is 14.5. The standard InChI is InChI=1S/C20H24N2O3/c1-15-10-11-17(25-15)12-13-21-19(23)18-9-5-6-14-22(18)20(24)16-7-3-2-4-8-16/h2-4,7-8,10-11,18H,5-6,9,12-14H2,1H3,(H,21,23)/t18-/m1/s1. The molecule has 0 aliphatic carbocycles. The highest BCUT2D eigenvalue weighted by Crippen LogP contribution is 2.20. The first kappa shape index (κ1) is 17.3. The van der Waals surface area contributed by atoms with Crippen molar-refractivity contribution >= 4 is 11.8 Å². The van der Waals surface area contributed by atoms with Crippen LogP contribution in [0.25, 0.3) is 0 Å². The van der Waals surface area contributed by atoms with Gasteiger partial charge in [-0.3, -0.25) is 9.59 Å². The van der Waals surface area contributed by atoms with Crippen molar-refractivity contribution in [3.8, 4) is 0 Å². The van der Waals surface area contributed by atoms with E-state index in [4.69, 9.17) is 4.42 Å². The number of rotatable bonds is 5. The molecule has 5 nitrogen and oxygen atoms in total. The lowest BCUT2D eigenvalue weighted by Crippen LogP contribution is -2.52. The van der Waals surface area contributed by atoms with Gasteiger partial charge in [-0.2, -0.15) is 0 Å². The fourth-order valence-corrected chi connectivity index (χ4v) is 3.24. The van der Waals surface area contributed by atoms with Gasteiger partial charge in [-0.05, 0) is 50.5 Å². The number of carbonyl (C=O) groups excluding carboxylic acids is 2. The maximum Gasteiger partial charge on any atom is 0.254 e. The number of nitrogens with one attached hydrogen (secondary N) is 1. The molecule has 1 aromatic heterocycles. The minimum Gasteiger partial charge on any atom is -0.466 e. The van der Waals surface area contributed by atoms with E-state index in [-0.39, 0.29) is 17.9 Å². The molecule has 1 aliphatic heterocycles. The van der Waals surface area contributed by atoms with Crippen LogP contribution in [0.3, 0.4) is 0 Å². The Morgan fingerprint density at radius 2 is 1.96 bits per heavy atom. The summed E-state index contributed by atoms with van der Waals surface area (Å²) < 4.78 is 5.51. The zero-order valence-corrected chi connectivity index (χ0v) is 14.5. The van der Waals surface area contributed by atoms with Crippen molar-refractivity contribution in [2.24, 2.45) is 0 Å². The van der Waals surface area contributed by atoms with Gasteiger partial charge in [0.1, 0.15) is 17.6 Å². The summed E-state index contributed by atoms with van der Waals surface area (Å²) in [7, 11) is 0. The Kier molecular flexibility index (Phi) is 5.53. The van der Waals surface area contributed by atoms with Crippen LogP contribution in [0, 0.1) is 6.92 Å². The van der Waals surface area contributed by atoms with Crippen LogP contribution in [0.2, 0.25) is 0 Å². The third-order valence-electron chi connectivity index (χ3n) is 4.55. The summed E-state index contributed by atoms with van der Waals surface area (Å²) in [5.41, 5.74) is 0.633. The SMILES string of the molecule is Cc1ccc(CCNC(=O)[C@H]2CCCCN2C(=O)c2ccccc2)o1. The lowest BCUT2D eigenvalue weighted by Gasteiger charge is -2.34. The molecule has 3 rings (SSSR count). The molecule has 0 radical (unpaired) electrons. The molecule has 1 fully saturated rings. The molecule has 1 saturated heterocycles. The number of likely N-dealkylation sites (tertiary alicyclic amines) is 1. The molecule has 0 saturated carbocycles. The van der Waals surface area contributed by atoms with E-state index in [1.807, 2.05) is 37.3 Å². The van der Waals surface area contributed by atoms with Gasteiger partial charge in [0.2, 0.25) is 5.91 Å². The van der Waals surface area contributed by atoms with Crippen molar-refractivity contribution in [2.45, 2.75) is 38.6 Å². The second kappa shape index (κ2) is 8.01. The van der Waals surface area contributed by atoms with Gasteiger partial charge in [0.15, 0.2) is 0 Å². The third kappa shape index (κ3) is 4.29. The molecular weight excluding hydrogens is 316 g/mol. The molecule has 0 unspecified atom stereocenters. The van der Waals surface area contributed by atoms with Crippen LogP contribution >= 0.6 is 0 Å². The number of nitrogens with zero attached hydrogens (tertiary/aromatic N) is 1. The molecule has 0 spiro atoms. The number of hydrogen-bond acceptors (Lipinski definition) is 3. The van der Waals surface area contributed by atoms with Crippen molar-refractivity contribution in [2.75, 3.05) is 13.1 Å². The average molecular weight is 340 g/mol. The van der Waals surface area contributed by atoms with Crippen LogP contribution in [0.5, 0.6) is 0 Å². The second-order valence-electron chi connectivity index (χ2n) is 6.43. The molecule has 1 aromatic carbocycles. The molecule has 132 valence electrons. The number of carbonyl (C=O) groups is 2. The highest BCUT2D eigenvalue weighted by Gasteiger charge is 2.32. The number of aryl methyl sites for hydroxylation is 1. The van der Waals surface area contributed by atoms with Crippen LogP contribution in [0.15, 0.2) is 46.9 Å². The van der Waals surface area contributed by atoms with E-state index in [1.54, 1.807) is 17.0 Å². The van der Waals surface area contributed by atoms with E-state index in [0.717, 1.165) is 24.4 Å². The van der Waals surface area contributed by atoms with Crippen LogP contribution in [0.4, 0.5) is 0 Å². The average Bonchev–Trinajstić information content (AvgIpc) is 3.07. The molecule has 5 heteroatoms.